The van der Waals surface area contributed by atoms with Gasteiger partial charge in [0, 0.05) is 0 Å². The van der Waals surface area contributed by atoms with E-state index >= 15 is 0 Å². The van der Waals surface area contributed by atoms with Crippen molar-refractivity contribution in [1.29, 1.82) is 5.26 Å². The molecule has 0 aliphatic carbocycles. The molecule has 0 saturated carbocycles. The van der Waals surface area contributed by atoms with Crippen LogP contribution < -0.4 is 9.47 Å². The molecular formula is C26H24BrNO2. The van der Waals surface area contributed by atoms with Gasteiger partial charge in [0.15, 0.2) is 11.5 Å². The molecule has 0 unspecified atom stereocenters. The summed E-state index contributed by atoms with van der Waals surface area (Å²) in [5.74, 6) is 1.30. The van der Waals surface area contributed by atoms with Crippen molar-refractivity contribution in [2.24, 2.45) is 0 Å². The Bertz CT molecular complexity index is 1100. The second-order valence-corrected chi connectivity index (χ2v) is 7.93. The Morgan fingerprint density at radius 3 is 2.43 bits per heavy atom. The zero-order valence-corrected chi connectivity index (χ0v) is 19.0. The number of nitrogens with zero attached hydrogens (tertiary/aromatic N) is 1. The molecule has 0 aromatic heterocycles. The topological polar surface area (TPSA) is 42.2 Å². The first-order valence-corrected chi connectivity index (χ1v) is 10.6. The van der Waals surface area contributed by atoms with Gasteiger partial charge in [0.2, 0.25) is 0 Å². The smallest absolute Gasteiger partial charge is 0.175 e. The number of benzene rings is 3. The van der Waals surface area contributed by atoms with Gasteiger partial charge in [0.1, 0.15) is 6.61 Å². The largest absolute Gasteiger partial charge is 0.490 e. The van der Waals surface area contributed by atoms with E-state index in [0.29, 0.717) is 30.3 Å². The van der Waals surface area contributed by atoms with Crippen LogP contribution in [0.3, 0.4) is 0 Å². The van der Waals surface area contributed by atoms with Crippen LogP contribution in [0, 0.1) is 25.2 Å². The molecule has 0 amide bonds. The SMILES string of the molecule is CCOc1cc(/C=C(/C#N)c2ccc(C)cc2)cc(Br)c1OCc1cccc(C)c1. The summed E-state index contributed by atoms with van der Waals surface area (Å²) in [4.78, 5) is 0. The van der Waals surface area contributed by atoms with Crippen molar-refractivity contribution in [1.82, 2.24) is 0 Å². The van der Waals surface area contributed by atoms with Crippen molar-refractivity contribution >= 4 is 27.6 Å². The van der Waals surface area contributed by atoms with E-state index in [9.17, 15) is 5.26 Å². The second-order valence-electron chi connectivity index (χ2n) is 7.08. The molecule has 0 heterocycles. The molecule has 30 heavy (non-hydrogen) atoms. The molecule has 0 radical (unpaired) electrons. The van der Waals surface area contributed by atoms with E-state index in [2.05, 4.69) is 41.1 Å². The van der Waals surface area contributed by atoms with Crippen LogP contribution in [0.15, 0.2) is 65.1 Å². The molecule has 0 fully saturated rings. The van der Waals surface area contributed by atoms with Gasteiger partial charge in [0.25, 0.3) is 0 Å². The average Bonchev–Trinajstić information content (AvgIpc) is 2.72. The van der Waals surface area contributed by atoms with Gasteiger partial charge in [-0.2, -0.15) is 5.26 Å². The van der Waals surface area contributed by atoms with Gasteiger partial charge < -0.3 is 9.47 Å². The summed E-state index contributed by atoms with van der Waals surface area (Å²) >= 11 is 3.62. The van der Waals surface area contributed by atoms with E-state index in [1.807, 2.05) is 68.5 Å². The van der Waals surface area contributed by atoms with Crippen LogP contribution in [0.4, 0.5) is 0 Å². The molecule has 3 aromatic carbocycles. The summed E-state index contributed by atoms with van der Waals surface area (Å²) in [7, 11) is 0. The van der Waals surface area contributed by atoms with E-state index in [1.165, 1.54) is 5.56 Å². The van der Waals surface area contributed by atoms with Crippen molar-refractivity contribution in [3.05, 3.63) is 93.0 Å². The third kappa shape index (κ3) is 5.52. The van der Waals surface area contributed by atoms with Crippen LogP contribution >= 0.6 is 15.9 Å². The molecule has 0 N–H and O–H groups in total. The molecule has 0 saturated heterocycles. The zero-order valence-electron chi connectivity index (χ0n) is 17.4. The third-order valence-corrected chi connectivity index (χ3v) is 5.18. The van der Waals surface area contributed by atoms with Gasteiger partial charge in [-0.3, -0.25) is 0 Å². The van der Waals surface area contributed by atoms with Gasteiger partial charge in [-0.15, -0.1) is 0 Å². The highest BCUT2D eigenvalue weighted by Gasteiger charge is 2.13. The number of aryl methyl sites for hydroxylation is 2. The predicted octanol–water partition coefficient (Wildman–Crippen LogP) is 7.11. The van der Waals surface area contributed by atoms with E-state index in [0.717, 1.165) is 26.7 Å². The highest BCUT2D eigenvalue weighted by atomic mass is 79.9. The van der Waals surface area contributed by atoms with Crippen LogP contribution in [0.5, 0.6) is 11.5 Å². The highest BCUT2D eigenvalue weighted by molar-refractivity contribution is 9.10. The van der Waals surface area contributed by atoms with Gasteiger partial charge >= 0.3 is 0 Å². The van der Waals surface area contributed by atoms with Crippen molar-refractivity contribution in [2.75, 3.05) is 6.61 Å². The van der Waals surface area contributed by atoms with Crippen LogP contribution in [-0.2, 0) is 6.61 Å². The molecule has 3 aromatic rings. The molecule has 152 valence electrons. The van der Waals surface area contributed by atoms with Gasteiger partial charge in [-0.1, -0.05) is 59.7 Å². The van der Waals surface area contributed by atoms with E-state index in [4.69, 9.17) is 9.47 Å². The zero-order chi connectivity index (χ0) is 21.5. The lowest BCUT2D eigenvalue weighted by Gasteiger charge is -2.15. The lowest BCUT2D eigenvalue weighted by Crippen LogP contribution is -2.01. The first kappa shape index (κ1) is 21.7. The maximum atomic E-state index is 9.65. The van der Waals surface area contributed by atoms with Crippen molar-refractivity contribution in [3.8, 4) is 17.6 Å². The lowest BCUT2D eigenvalue weighted by atomic mass is 10.0. The Labute approximate surface area is 186 Å². The van der Waals surface area contributed by atoms with Gasteiger partial charge in [0.05, 0.1) is 22.7 Å². The van der Waals surface area contributed by atoms with Gasteiger partial charge in [-0.25, -0.2) is 0 Å². The molecule has 0 bridgehead atoms. The fourth-order valence-electron chi connectivity index (χ4n) is 3.11. The van der Waals surface area contributed by atoms with Crippen LogP contribution in [0.25, 0.3) is 11.6 Å². The van der Waals surface area contributed by atoms with Crippen LogP contribution in [0.2, 0.25) is 0 Å². The van der Waals surface area contributed by atoms with E-state index in [1.54, 1.807) is 0 Å². The summed E-state index contributed by atoms with van der Waals surface area (Å²) in [5.41, 5.74) is 5.80. The monoisotopic (exact) mass is 461 g/mol. The number of rotatable bonds is 7. The summed E-state index contributed by atoms with van der Waals surface area (Å²) in [6.07, 6.45) is 1.86. The second kappa shape index (κ2) is 10.1. The number of hydrogen-bond donors (Lipinski definition) is 0. The number of allylic oxidation sites excluding steroid dienone is 1. The van der Waals surface area contributed by atoms with Gasteiger partial charge in [-0.05, 0) is 71.6 Å². The number of halogens is 1. The summed E-state index contributed by atoms with van der Waals surface area (Å²) in [5, 5.41) is 9.65. The maximum Gasteiger partial charge on any atom is 0.175 e. The fourth-order valence-corrected chi connectivity index (χ4v) is 3.69. The highest BCUT2D eigenvalue weighted by Crippen LogP contribution is 2.38. The molecule has 0 spiro atoms. The Morgan fingerprint density at radius 2 is 1.77 bits per heavy atom. The first-order valence-electron chi connectivity index (χ1n) is 9.83. The Hall–Kier alpha value is -3.03. The lowest BCUT2D eigenvalue weighted by molar-refractivity contribution is 0.267. The van der Waals surface area contributed by atoms with Crippen molar-refractivity contribution < 1.29 is 9.47 Å². The molecule has 3 rings (SSSR count). The Kier molecular flexibility index (Phi) is 7.32. The minimum atomic E-state index is 0.447. The normalized spacial score (nSPS) is 11.1. The van der Waals surface area contributed by atoms with Crippen LogP contribution in [0.1, 0.15) is 34.7 Å². The summed E-state index contributed by atoms with van der Waals surface area (Å²) < 4.78 is 12.7. The van der Waals surface area contributed by atoms with Crippen molar-refractivity contribution in [3.63, 3.8) is 0 Å². The van der Waals surface area contributed by atoms with Crippen LogP contribution in [-0.4, -0.2) is 6.61 Å². The maximum absolute atomic E-state index is 9.65. The van der Waals surface area contributed by atoms with Crippen molar-refractivity contribution in [2.45, 2.75) is 27.4 Å². The Morgan fingerprint density at radius 1 is 1.00 bits per heavy atom. The van der Waals surface area contributed by atoms with E-state index < -0.39 is 0 Å². The fraction of sp³-hybridized carbons (Fsp3) is 0.192. The first-order chi connectivity index (χ1) is 14.5. The number of hydrogen-bond acceptors (Lipinski definition) is 3. The van der Waals surface area contributed by atoms with E-state index in [-0.39, 0.29) is 0 Å². The molecule has 3 nitrogen and oxygen atoms in total. The quantitative estimate of drug-likeness (QED) is 0.278. The minimum absolute atomic E-state index is 0.447. The molecule has 0 aliphatic heterocycles. The predicted molar refractivity (Wildman–Crippen MR) is 125 cm³/mol. The summed E-state index contributed by atoms with van der Waals surface area (Å²) in [6.45, 7) is 6.99. The molecule has 0 atom stereocenters. The molecular weight excluding hydrogens is 438 g/mol. The number of ether oxygens (including phenoxy) is 2. The average molecular weight is 462 g/mol. The molecule has 0 aliphatic rings. The number of nitriles is 1. The standard InChI is InChI=1S/C26H24BrNO2/c1-4-29-25-15-21(13-23(16-28)22-10-8-18(2)9-11-22)14-24(27)26(25)30-17-20-7-5-6-19(3)12-20/h5-15H,4,17H2,1-3H3/b23-13-. The Balaban J connectivity index is 1.92. The summed E-state index contributed by atoms with van der Waals surface area (Å²) in [6, 6.07) is 22.3. The molecule has 4 heteroatoms. The third-order valence-electron chi connectivity index (χ3n) is 4.59. The minimum Gasteiger partial charge on any atom is -0.490 e.